The molecule has 2 aromatic carbocycles. The molecule has 27 heavy (non-hydrogen) atoms. The summed E-state index contributed by atoms with van der Waals surface area (Å²) in [6.07, 6.45) is 0.888. The second-order valence-corrected chi connectivity index (χ2v) is 7.23. The van der Waals surface area contributed by atoms with E-state index in [0.29, 0.717) is 23.6 Å². The third-order valence-electron chi connectivity index (χ3n) is 4.47. The van der Waals surface area contributed by atoms with Crippen LogP contribution in [0.5, 0.6) is 0 Å². The lowest BCUT2D eigenvalue weighted by molar-refractivity contribution is -0.116. The Morgan fingerprint density at radius 3 is 2.56 bits per heavy atom. The van der Waals surface area contributed by atoms with E-state index in [2.05, 4.69) is 13.0 Å². The number of aryl methyl sites for hydroxylation is 1. The van der Waals surface area contributed by atoms with Gasteiger partial charge in [0.1, 0.15) is 5.58 Å². The van der Waals surface area contributed by atoms with Gasteiger partial charge in [-0.25, -0.2) is 4.79 Å². The fourth-order valence-corrected chi connectivity index (χ4v) is 3.94. The number of nitrogens with zero attached hydrogens (tertiary/aromatic N) is 1. The van der Waals surface area contributed by atoms with Crippen molar-refractivity contribution in [3.63, 3.8) is 0 Å². The highest BCUT2D eigenvalue weighted by molar-refractivity contribution is 7.99. The number of hydrogen-bond acceptors (Lipinski definition) is 4. The molecule has 4 nitrogen and oxygen atoms in total. The van der Waals surface area contributed by atoms with Crippen molar-refractivity contribution in [3.05, 3.63) is 76.1 Å². The molecular weight excluding hydrogens is 358 g/mol. The summed E-state index contributed by atoms with van der Waals surface area (Å²) < 4.78 is 5.35. The number of carbonyl (C=O) groups is 1. The maximum absolute atomic E-state index is 12.6. The Labute approximate surface area is 163 Å². The molecule has 3 rings (SSSR count). The smallest absolute Gasteiger partial charge is 0.336 e. The van der Waals surface area contributed by atoms with Crippen LogP contribution in [-0.2, 0) is 17.0 Å². The molecule has 0 aliphatic carbocycles. The molecule has 140 valence electrons. The Morgan fingerprint density at radius 2 is 1.85 bits per heavy atom. The molecule has 0 radical (unpaired) electrons. The van der Waals surface area contributed by atoms with Gasteiger partial charge in [-0.2, -0.15) is 0 Å². The minimum Gasteiger partial charge on any atom is -0.423 e. The predicted octanol–water partition coefficient (Wildman–Crippen LogP) is 4.64. The summed E-state index contributed by atoms with van der Waals surface area (Å²) in [5.74, 6) is 1.01. The first-order chi connectivity index (χ1) is 13.1. The first-order valence-electron chi connectivity index (χ1n) is 9.11. The van der Waals surface area contributed by atoms with Gasteiger partial charge in [0.05, 0.1) is 5.75 Å². The zero-order valence-electron chi connectivity index (χ0n) is 15.6. The van der Waals surface area contributed by atoms with E-state index in [-0.39, 0.29) is 11.5 Å². The van der Waals surface area contributed by atoms with Crippen molar-refractivity contribution >= 4 is 34.3 Å². The lowest BCUT2D eigenvalue weighted by Gasteiger charge is -2.20. The van der Waals surface area contributed by atoms with E-state index in [1.165, 1.54) is 17.8 Å². The average molecular weight is 381 g/mol. The van der Waals surface area contributed by atoms with E-state index in [0.717, 1.165) is 28.6 Å². The van der Waals surface area contributed by atoms with E-state index in [4.69, 9.17) is 4.42 Å². The van der Waals surface area contributed by atoms with Crippen LogP contribution in [0.4, 0.5) is 5.69 Å². The van der Waals surface area contributed by atoms with Gasteiger partial charge in [-0.1, -0.05) is 37.3 Å². The van der Waals surface area contributed by atoms with Crippen molar-refractivity contribution in [1.82, 2.24) is 0 Å². The summed E-state index contributed by atoms with van der Waals surface area (Å²) in [5, 5.41) is 0.933. The van der Waals surface area contributed by atoms with Crippen LogP contribution in [0.1, 0.15) is 25.0 Å². The highest BCUT2D eigenvalue weighted by atomic mass is 32.2. The Morgan fingerprint density at radius 1 is 1.07 bits per heavy atom. The number of thioether (sulfide) groups is 1. The molecule has 0 unspecified atom stereocenters. The zero-order chi connectivity index (χ0) is 19.2. The van der Waals surface area contributed by atoms with Gasteiger partial charge in [0, 0.05) is 29.4 Å². The van der Waals surface area contributed by atoms with Gasteiger partial charge in [0.25, 0.3) is 0 Å². The first-order valence-corrected chi connectivity index (χ1v) is 10.3. The van der Waals surface area contributed by atoms with Crippen LogP contribution < -0.4 is 10.5 Å². The van der Waals surface area contributed by atoms with E-state index in [1.807, 2.05) is 49.4 Å². The minimum absolute atomic E-state index is 0.0641. The molecule has 5 heteroatoms. The number of carbonyl (C=O) groups excluding carboxylic acids is 1. The van der Waals surface area contributed by atoms with Crippen LogP contribution in [0, 0.1) is 0 Å². The first kappa shape index (κ1) is 19.2. The molecule has 0 saturated heterocycles. The summed E-state index contributed by atoms with van der Waals surface area (Å²) in [6, 6.07) is 17.2. The van der Waals surface area contributed by atoms with Crippen molar-refractivity contribution in [2.75, 3.05) is 17.2 Å². The Hall–Kier alpha value is -2.53. The number of amides is 1. The molecule has 0 saturated carbocycles. The van der Waals surface area contributed by atoms with Crippen LogP contribution in [0.2, 0.25) is 0 Å². The summed E-state index contributed by atoms with van der Waals surface area (Å²) >= 11 is 1.51. The average Bonchev–Trinajstić information content (AvgIpc) is 2.68. The van der Waals surface area contributed by atoms with Crippen LogP contribution in [0.25, 0.3) is 11.0 Å². The molecule has 0 spiro atoms. The van der Waals surface area contributed by atoms with Crippen molar-refractivity contribution < 1.29 is 9.21 Å². The molecule has 0 aliphatic heterocycles. The second-order valence-electron chi connectivity index (χ2n) is 6.24. The normalized spacial score (nSPS) is 10.9. The molecule has 0 bridgehead atoms. The lowest BCUT2D eigenvalue weighted by atomic mass is 10.1. The van der Waals surface area contributed by atoms with E-state index >= 15 is 0 Å². The Kier molecular flexibility index (Phi) is 6.35. The minimum atomic E-state index is -0.350. The summed E-state index contributed by atoms with van der Waals surface area (Å²) in [7, 11) is 0. The number of benzene rings is 2. The van der Waals surface area contributed by atoms with Crippen molar-refractivity contribution in [1.29, 1.82) is 0 Å². The van der Waals surface area contributed by atoms with Gasteiger partial charge >= 0.3 is 5.63 Å². The molecule has 3 aromatic rings. The number of hydrogen-bond donors (Lipinski definition) is 0. The number of anilines is 1. The summed E-state index contributed by atoms with van der Waals surface area (Å²) in [4.78, 5) is 26.3. The van der Waals surface area contributed by atoms with Crippen LogP contribution in [-0.4, -0.2) is 18.2 Å². The molecule has 1 amide bonds. The molecule has 0 atom stereocenters. The molecule has 1 aromatic heterocycles. The monoisotopic (exact) mass is 381 g/mol. The van der Waals surface area contributed by atoms with Crippen LogP contribution >= 0.6 is 11.8 Å². The fraction of sp³-hybridized carbons (Fsp3) is 0.273. The highest BCUT2D eigenvalue weighted by Gasteiger charge is 2.14. The van der Waals surface area contributed by atoms with Crippen molar-refractivity contribution in [2.45, 2.75) is 26.0 Å². The molecule has 0 fully saturated rings. The molecule has 1 heterocycles. The number of para-hydroxylation sites is 1. The van der Waals surface area contributed by atoms with Gasteiger partial charge in [0.15, 0.2) is 0 Å². The van der Waals surface area contributed by atoms with E-state index in [9.17, 15) is 9.59 Å². The second kappa shape index (κ2) is 8.91. The van der Waals surface area contributed by atoms with Crippen molar-refractivity contribution in [3.8, 4) is 0 Å². The van der Waals surface area contributed by atoms with Gasteiger partial charge in [-0.15, -0.1) is 11.8 Å². The Bertz CT molecular complexity index is 982. The predicted molar refractivity (Wildman–Crippen MR) is 112 cm³/mol. The number of fused-ring (bicyclic) bond motifs is 1. The van der Waals surface area contributed by atoms with Gasteiger partial charge in [-0.3, -0.25) is 4.79 Å². The highest BCUT2D eigenvalue weighted by Crippen LogP contribution is 2.23. The summed E-state index contributed by atoms with van der Waals surface area (Å²) in [6.45, 7) is 4.66. The maximum Gasteiger partial charge on any atom is 0.336 e. The molecule has 0 aliphatic rings. The zero-order valence-corrected chi connectivity index (χ0v) is 16.4. The number of rotatable bonds is 7. The van der Waals surface area contributed by atoms with E-state index in [1.54, 1.807) is 4.90 Å². The third-order valence-corrected chi connectivity index (χ3v) is 5.44. The standard InChI is InChI=1S/C22H23NO3S/c1-3-16-10-11-19-17(13-22(25)26-20(19)12-16)14-27-15-21(24)23(4-2)18-8-6-5-7-9-18/h5-13H,3-4,14-15H2,1-2H3. The van der Waals surface area contributed by atoms with Gasteiger partial charge < -0.3 is 9.32 Å². The topological polar surface area (TPSA) is 50.5 Å². The lowest BCUT2D eigenvalue weighted by Crippen LogP contribution is -2.32. The Balaban J connectivity index is 1.71. The summed E-state index contributed by atoms with van der Waals surface area (Å²) in [5.41, 5.74) is 3.21. The molecule has 0 N–H and O–H groups in total. The molecular formula is C22H23NO3S. The fourth-order valence-electron chi connectivity index (χ4n) is 3.05. The SMILES string of the molecule is CCc1ccc2c(CSCC(=O)N(CC)c3ccccc3)cc(=O)oc2c1. The quantitative estimate of drug-likeness (QED) is 0.560. The largest absolute Gasteiger partial charge is 0.423 e. The van der Waals surface area contributed by atoms with Crippen LogP contribution in [0.3, 0.4) is 0 Å². The van der Waals surface area contributed by atoms with Gasteiger partial charge in [0.2, 0.25) is 5.91 Å². The van der Waals surface area contributed by atoms with E-state index < -0.39 is 0 Å². The van der Waals surface area contributed by atoms with Crippen molar-refractivity contribution in [2.24, 2.45) is 0 Å². The van der Waals surface area contributed by atoms with Crippen LogP contribution in [0.15, 0.2) is 63.8 Å². The maximum atomic E-state index is 12.6. The van der Waals surface area contributed by atoms with Gasteiger partial charge in [-0.05, 0) is 42.7 Å². The third kappa shape index (κ3) is 4.61.